The summed E-state index contributed by atoms with van der Waals surface area (Å²) in [6, 6.07) is 11.4. The van der Waals surface area contributed by atoms with E-state index in [-0.39, 0.29) is 10.2 Å². The molecule has 0 aliphatic carbocycles. The normalized spacial score (nSPS) is 11.1. The molecule has 0 aliphatic rings. The van der Waals surface area contributed by atoms with Crippen molar-refractivity contribution in [3.63, 3.8) is 0 Å². The Morgan fingerprint density at radius 1 is 1.19 bits per heavy atom. The van der Waals surface area contributed by atoms with Crippen LogP contribution < -0.4 is 15.6 Å². The van der Waals surface area contributed by atoms with Crippen LogP contribution in [-0.2, 0) is 16.4 Å². The summed E-state index contributed by atoms with van der Waals surface area (Å²) in [5.74, 6) is -0.131. The van der Waals surface area contributed by atoms with Gasteiger partial charge in [-0.15, -0.1) is 11.3 Å². The van der Waals surface area contributed by atoms with E-state index in [4.69, 9.17) is 0 Å². The topological polar surface area (TPSA) is 121 Å². The first kappa shape index (κ1) is 18.8. The molecule has 0 aliphatic heterocycles. The van der Waals surface area contributed by atoms with Crippen molar-refractivity contribution < 1.29 is 13.2 Å². The van der Waals surface area contributed by atoms with Gasteiger partial charge in [0.05, 0.1) is 5.69 Å². The number of H-pyrrole nitrogens is 1. The predicted molar refractivity (Wildman–Crippen MR) is 103 cm³/mol. The molecule has 27 heavy (non-hydrogen) atoms. The second-order valence-electron chi connectivity index (χ2n) is 5.63. The lowest BCUT2D eigenvalue weighted by atomic mass is 10.1. The van der Waals surface area contributed by atoms with E-state index in [0.717, 1.165) is 16.9 Å². The quantitative estimate of drug-likeness (QED) is 0.602. The van der Waals surface area contributed by atoms with E-state index in [1.807, 2.05) is 35.1 Å². The summed E-state index contributed by atoms with van der Waals surface area (Å²) < 4.78 is 25.9. The van der Waals surface area contributed by atoms with Gasteiger partial charge in [-0.1, -0.05) is 36.4 Å². The van der Waals surface area contributed by atoms with Crippen LogP contribution in [0.3, 0.4) is 0 Å². The molecule has 2 aromatic heterocycles. The van der Waals surface area contributed by atoms with Crippen molar-refractivity contribution >= 4 is 33.3 Å². The van der Waals surface area contributed by atoms with E-state index in [0.29, 0.717) is 17.7 Å². The number of nitrogens with zero attached hydrogens (tertiary/aromatic N) is 1. The van der Waals surface area contributed by atoms with Gasteiger partial charge in [0.25, 0.3) is 15.6 Å². The van der Waals surface area contributed by atoms with Gasteiger partial charge in [0.15, 0.2) is 0 Å². The molecule has 3 aromatic rings. The number of thiophene rings is 1. The number of carbonyl (C=O) groups is 1. The van der Waals surface area contributed by atoms with Crippen LogP contribution in [0, 0.1) is 6.92 Å². The molecule has 0 fully saturated rings. The number of aromatic nitrogens is 2. The zero-order valence-corrected chi connectivity index (χ0v) is 15.9. The van der Waals surface area contributed by atoms with Crippen molar-refractivity contribution in [1.29, 1.82) is 0 Å². The molecule has 0 atom stereocenters. The molecule has 0 bridgehead atoms. The Hall–Kier alpha value is -2.98. The van der Waals surface area contributed by atoms with E-state index < -0.39 is 21.6 Å². The number of hydrogen-bond donors (Lipinski definition) is 3. The molecular formula is C17H16N4O4S2. The lowest BCUT2D eigenvalue weighted by Crippen LogP contribution is -2.35. The van der Waals surface area contributed by atoms with Crippen molar-refractivity contribution in [1.82, 2.24) is 14.7 Å². The van der Waals surface area contributed by atoms with E-state index in [2.05, 4.69) is 15.3 Å². The summed E-state index contributed by atoms with van der Waals surface area (Å²) in [7, 11) is -3.97. The third-order valence-corrected chi connectivity index (χ3v) is 6.39. The molecule has 8 nitrogen and oxygen atoms in total. The van der Waals surface area contributed by atoms with Gasteiger partial charge in [0.1, 0.15) is 4.21 Å². The molecule has 3 N–H and O–H groups in total. The second kappa shape index (κ2) is 7.72. The Labute approximate surface area is 159 Å². The third kappa shape index (κ3) is 4.60. The van der Waals surface area contributed by atoms with E-state index in [1.54, 1.807) is 18.4 Å². The van der Waals surface area contributed by atoms with Crippen LogP contribution >= 0.6 is 11.3 Å². The summed E-state index contributed by atoms with van der Waals surface area (Å²) in [5, 5.41) is 3.83. The fraction of sp³-hybridized carbons (Fsp3) is 0.118. The summed E-state index contributed by atoms with van der Waals surface area (Å²) in [6.07, 6.45) is 0.397. The van der Waals surface area contributed by atoms with Crippen molar-refractivity contribution in [2.24, 2.45) is 0 Å². The van der Waals surface area contributed by atoms with Crippen LogP contribution in [0.5, 0.6) is 0 Å². The zero-order valence-electron chi connectivity index (χ0n) is 14.2. The van der Waals surface area contributed by atoms with Crippen LogP contribution in [0.25, 0.3) is 0 Å². The number of urea groups is 1. The minimum absolute atomic E-state index is 0.00786. The molecule has 0 saturated carbocycles. The van der Waals surface area contributed by atoms with Gasteiger partial charge >= 0.3 is 6.03 Å². The highest BCUT2D eigenvalue weighted by atomic mass is 32.2. The maximum Gasteiger partial charge on any atom is 0.335 e. The Bertz CT molecular complexity index is 1110. The molecule has 140 valence electrons. The van der Waals surface area contributed by atoms with Crippen molar-refractivity contribution in [2.75, 3.05) is 5.32 Å². The predicted octanol–water partition coefficient (Wildman–Crippen LogP) is 2.24. The largest absolute Gasteiger partial charge is 0.335 e. The van der Waals surface area contributed by atoms with Crippen LogP contribution in [-0.4, -0.2) is 24.4 Å². The van der Waals surface area contributed by atoms with Crippen LogP contribution in [0.4, 0.5) is 10.7 Å². The van der Waals surface area contributed by atoms with E-state index >= 15 is 0 Å². The number of benzene rings is 1. The first-order valence-electron chi connectivity index (χ1n) is 7.86. The second-order valence-corrected chi connectivity index (χ2v) is 8.49. The third-order valence-electron chi connectivity index (χ3n) is 3.66. The molecule has 2 heterocycles. The number of anilines is 1. The van der Waals surface area contributed by atoms with Gasteiger partial charge in [-0.05, 0) is 23.9 Å². The fourth-order valence-electron chi connectivity index (χ4n) is 2.40. The fourth-order valence-corrected chi connectivity index (χ4v) is 4.30. The molecule has 10 heteroatoms. The van der Waals surface area contributed by atoms with Gasteiger partial charge in [0.2, 0.25) is 5.95 Å². The lowest BCUT2D eigenvalue weighted by molar-refractivity contribution is 0.256. The molecule has 0 spiro atoms. The molecule has 2 amide bonds. The van der Waals surface area contributed by atoms with Crippen molar-refractivity contribution in [3.8, 4) is 0 Å². The lowest BCUT2D eigenvalue weighted by Gasteiger charge is -2.09. The Morgan fingerprint density at radius 3 is 2.56 bits per heavy atom. The van der Waals surface area contributed by atoms with Crippen LogP contribution in [0.1, 0.15) is 16.8 Å². The summed E-state index contributed by atoms with van der Waals surface area (Å²) in [6.45, 7) is 1.65. The summed E-state index contributed by atoms with van der Waals surface area (Å²) in [5.41, 5.74) is 1.47. The first-order chi connectivity index (χ1) is 12.8. The summed E-state index contributed by atoms with van der Waals surface area (Å²) >= 11 is 0.982. The van der Waals surface area contributed by atoms with E-state index in [9.17, 15) is 18.0 Å². The Balaban J connectivity index is 1.74. The average Bonchev–Trinajstić information content (AvgIpc) is 3.14. The number of sulfonamides is 1. The first-order valence-corrected chi connectivity index (χ1v) is 10.2. The van der Waals surface area contributed by atoms with Gasteiger partial charge < -0.3 is 0 Å². The number of carbonyl (C=O) groups excluding carboxylic acids is 1. The molecule has 1 aromatic carbocycles. The maximum atomic E-state index is 12.3. The highest BCUT2D eigenvalue weighted by molar-refractivity contribution is 7.92. The summed E-state index contributed by atoms with van der Waals surface area (Å²) in [4.78, 5) is 30.9. The highest BCUT2D eigenvalue weighted by Crippen LogP contribution is 2.15. The maximum absolute atomic E-state index is 12.3. The molecule has 0 saturated heterocycles. The standard InChI is InChI=1S/C17H16N4O4S2/c1-11-13(10-12-6-3-2-4-7-12)15(22)19-16(18-11)20-17(23)21-27(24,25)14-8-5-9-26-14/h2-9H,10H2,1H3,(H3,18,19,20,21,22,23). The molecule has 0 radical (unpaired) electrons. The number of amides is 2. The molecule has 0 unspecified atom stereocenters. The van der Waals surface area contributed by atoms with Crippen LogP contribution in [0.2, 0.25) is 0 Å². The minimum atomic E-state index is -3.97. The monoisotopic (exact) mass is 404 g/mol. The number of hydrogen-bond acceptors (Lipinski definition) is 6. The van der Waals surface area contributed by atoms with Gasteiger partial charge in [0, 0.05) is 12.0 Å². The number of aryl methyl sites for hydroxylation is 1. The van der Waals surface area contributed by atoms with Crippen LogP contribution in [0.15, 0.2) is 56.8 Å². The SMILES string of the molecule is Cc1nc(NC(=O)NS(=O)(=O)c2cccs2)[nH]c(=O)c1Cc1ccccc1. The Morgan fingerprint density at radius 2 is 1.93 bits per heavy atom. The Kier molecular flexibility index (Phi) is 5.38. The van der Waals surface area contributed by atoms with Gasteiger partial charge in [-0.2, -0.15) is 0 Å². The minimum Gasteiger partial charge on any atom is -0.292 e. The number of nitrogens with one attached hydrogen (secondary N) is 3. The van der Waals surface area contributed by atoms with E-state index in [1.165, 1.54) is 6.07 Å². The number of rotatable bonds is 5. The highest BCUT2D eigenvalue weighted by Gasteiger charge is 2.19. The van der Waals surface area contributed by atoms with Crippen molar-refractivity contribution in [3.05, 3.63) is 75.0 Å². The molecular weight excluding hydrogens is 388 g/mol. The van der Waals surface area contributed by atoms with Gasteiger partial charge in [-0.3, -0.25) is 15.1 Å². The van der Waals surface area contributed by atoms with Gasteiger partial charge in [-0.25, -0.2) is 22.9 Å². The molecule has 3 rings (SSSR count). The number of aromatic amines is 1. The average molecular weight is 404 g/mol. The van der Waals surface area contributed by atoms with Crippen molar-refractivity contribution in [2.45, 2.75) is 17.6 Å². The smallest absolute Gasteiger partial charge is 0.292 e. The zero-order chi connectivity index (χ0) is 19.4.